The Kier molecular flexibility index (Phi) is 8.63. The predicted molar refractivity (Wildman–Crippen MR) is 149 cm³/mol. The first-order chi connectivity index (χ1) is 17.7. The van der Waals surface area contributed by atoms with Crippen molar-refractivity contribution in [1.29, 1.82) is 0 Å². The number of hydrogen-bond donors (Lipinski definition) is 2. The van der Waals surface area contributed by atoms with Gasteiger partial charge in [0.05, 0.1) is 17.5 Å². The van der Waals surface area contributed by atoms with E-state index >= 15 is 0 Å². The van der Waals surface area contributed by atoms with Gasteiger partial charge in [-0.05, 0) is 37.1 Å². The first-order valence-corrected chi connectivity index (χ1v) is 13.8. The van der Waals surface area contributed by atoms with E-state index in [1.807, 2.05) is 62.7 Å². The Labute approximate surface area is 228 Å². The lowest BCUT2D eigenvalue weighted by molar-refractivity contribution is -0.113. The molecule has 0 aliphatic carbocycles. The third kappa shape index (κ3) is 6.57. The van der Waals surface area contributed by atoms with Crippen molar-refractivity contribution in [3.8, 4) is 11.3 Å². The predicted octanol–water partition coefficient (Wildman–Crippen LogP) is 5.76. The number of benzene rings is 2. The summed E-state index contributed by atoms with van der Waals surface area (Å²) in [4.78, 5) is 31.1. The molecule has 11 heteroatoms. The summed E-state index contributed by atoms with van der Waals surface area (Å²) in [6, 6.07) is 16.2. The largest absolute Gasteiger partial charge is 0.342 e. The van der Waals surface area contributed by atoms with Crippen LogP contribution in [-0.2, 0) is 11.8 Å². The number of rotatable bonds is 9. The number of carbonyl (C=O) groups excluding carboxylic acids is 2. The van der Waals surface area contributed by atoms with Crippen molar-refractivity contribution in [3.05, 3.63) is 75.9 Å². The lowest BCUT2D eigenvalue weighted by atomic mass is 10.0. The number of aromatic nitrogens is 4. The number of nitrogens with one attached hydrogen (secondary N) is 2. The van der Waals surface area contributed by atoms with E-state index in [1.54, 1.807) is 24.3 Å². The van der Waals surface area contributed by atoms with Crippen LogP contribution in [0.5, 0.6) is 0 Å². The third-order valence-corrected chi connectivity index (χ3v) is 7.79. The molecule has 0 spiro atoms. The Morgan fingerprint density at radius 2 is 1.78 bits per heavy atom. The minimum atomic E-state index is -0.362. The van der Waals surface area contributed by atoms with Crippen molar-refractivity contribution in [1.82, 2.24) is 25.1 Å². The quantitative estimate of drug-likeness (QED) is 0.255. The highest BCUT2D eigenvalue weighted by molar-refractivity contribution is 7.99. The molecule has 4 aromatic rings. The van der Waals surface area contributed by atoms with Crippen LogP contribution in [-0.4, -0.2) is 37.3 Å². The molecular weight excluding hydrogens is 528 g/mol. The molecular formula is C26H27ClN6O2S2. The van der Waals surface area contributed by atoms with Gasteiger partial charge in [0.15, 0.2) is 16.1 Å². The van der Waals surface area contributed by atoms with Crippen molar-refractivity contribution in [2.24, 2.45) is 13.0 Å². The lowest BCUT2D eigenvalue weighted by Crippen LogP contribution is -2.33. The number of hydrogen-bond acceptors (Lipinski definition) is 7. The first-order valence-electron chi connectivity index (χ1n) is 11.6. The molecule has 0 saturated carbocycles. The van der Waals surface area contributed by atoms with Gasteiger partial charge in [-0.2, -0.15) is 0 Å². The van der Waals surface area contributed by atoms with E-state index in [0.29, 0.717) is 26.7 Å². The van der Waals surface area contributed by atoms with Gasteiger partial charge in [-0.3, -0.25) is 9.59 Å². The average Bonchev–Trinajstić information content (AvgIpc) is 3.43. The van der Waals surface area contributed by atoms with Crippen molar-refractivity contribution < 1.29 is 9.59 Å². The van der Waals surface area contributed by atoms with E-state index < -0.39 is 0 Å². The SMILES string of the molecule is Cc1sc(NC(=O)CSc2nnc([C@@H](NC(=O)c3ccc(Cl)cc3)C(C)C)n2C)nc1-c1ccccc1. The van der Waals surface area contributed by atoms with Crippen LogP contribution in [0.4, 0.5) is 5.13 Å². The number of thiazole rings is 1. The summed E-state index contributed by atoms with van der Waals surface area (Å²) >= 11 is 8.66. The number of carbonyl (C=O) groups is 2. The van der Waals surface area contributed by atoms with Crippen LogP contribution in [0.15, 0.2) is 59.8 Å². The van der Waals surface area contributed by atoms with Crippen LogP contribution < -0.4 is 10.6 Å². The molecule has 2 heterocycles. The fraction of sp³-hybridized carbons (Fsp3) is 0.269. The molecule has 4 rings (SSSR count). The van der Waals surface area contributed by atoms with E-state index in [4.69, 9.17) is 11.6 Å². The zero-order valence-electron chi connectivity index (χ0n) is 20.9. The summed E-state index contributed by atoms with van der Waals surface area (Å²) in [5, 5.41) is 16.2. The zero-order chi connectivity index (χ0) is 26.5. The monoisotopic (exact) mass is 554 g/mol. The fourth-order valence-corrected chi connectivity index (χ4v) is 5.37. The Bertz CT molecular complexity index is 1390. The molecule has 0 bridgehead atoms. The lowest BCUT2D eigenvalue weighted by Gasteiger charge is -2.21. The molecule has 2 aromatic carbocycles. The number of aryl methyl sites for hydroxylation is 1. The highest BCUT2D eigenvalue weighted by Crippen LogP contribution is 2.30. The molecule has 0 aliphatic heterocycles. The minimum absolute atomic E-state index is 0.0623. The smallest absolute Gasteiger partial charge is 0.251 e. The third-order valence-electron chi connectivity index (χ3n) is 5.63. The van der Waals surface area contributed by atoms with Gasteiger partial charge in [0.1, 0.15) is 0 Å². The number of amides is 2. The Morgan fingerprint density at radius 3 is 2.46 bits per heavy atom. The number of anilines is 1. The second-order valence-corrected chi connectivity index (χ2v) is 11.3. The van der Waals surface area contributed by atoms with Crippen molar-refractivity contribution in [2.75, 3.05) is 11.1 Å². The molecule has 192 valence electrons. The van der Waals surface area contributed by atoms with E-state index in [-0.39, 0.29) is 29.5 Å². The summed E-state index contributed by atoms with van der Waals surface area (Å²) < 4.78 is 1.81. The Hall–Kier alpha value is -3.21. The standard InChI is InChI=1S/C26H27ClN6O2S2/c1-15(2)21(29-24(35)18-10-12-19(27)13-11-18)23-31-32-26(33(23)4)36-14-20(34)28-25-30-22(16(3)37-25)17-8-6-5-7-9-17/h5-13,15,21H,14H2,1-4H3,(H,29,35)(H,28,30,34)/t21-/m0/s1. The van der Waals surface area contributed by atoms with Gasteiger partial charge in [0, 0.05) is 28.1 Å². The number of nitrogens with zero attached hydrogens (tertiary/aromatic N) is 4. The van der Waals surface area contributed by atoms with Gasteiger partial charge >= 0.3 is 0 Å². The second kappa shape index (κ2) is 11.9. The topological polar surface area (TPSA) is 102 Å². The Morgan fingerprint density at radius 1 is 1.08 bits per heavy atom. The van der Waals surface area contributed by atoms with Crippen LogP contribution in [0.2, 0.25) is 5.02 Å². The van der Waals surface area contributed by atoms with Crippen LogP contribution in [0.25, 0.3) is 11.3 Å². The summed E-state index contributed by atoms with van der Waals surface area (Å²) in [5.41, 5.74) is 2.39. The summed E-state index contributed by atoms with van der Waals surface area (Å²) in [6.45, 7) is 5.99. The molecule has 0 radical (unpaired) electrons. The van der Waals surface area contributed by atoms with E-state index in [1.165, 1.54) is 23.1 Å². The molecule has 2 aromatic heterocycles. The average molecular weight is 555 g/mol. The maximum absolute atomic E-state index is 12.8. The van der Waals surface area contributed by atoms with Gasteiger partial charge in [0.25, 0.3) is 5.91 Å². The van der Waals surface area contributed by atoms with Crippen LogP contribution in [0.1, 0.15) is 40.9 Å². The van der Waals surface area contributed by atoms with Crippen molar-refractivity contribution in [3.63, 3.8) is 0 Å². The molecule has 37 heavy (non-hydrogen) atoms. The summed E-state index contributed by atoms with van der Waals surface area (Å²) in [6.07, 6.45) is 0. The van der Waals surface area contributed by atoms with Crippen molar-refractivity contribution >= 4 is 51.6 Å². The van der Waals surface area contributed by atoms with E-state index in [9.17, 15) is 9.59 Å². The number of halogens is 1. The molecule has 1 atom stereocenters. The molecule has 2 amide bonds. The minimum Gasteiger partial charge on any atom is -0.342 e. The van der Waals surface area contributed by atoms with Crippen molar-refractivity contribution in [2.45, 2.75) is 32.0 Å². The fourth-order valence-electron chi connectivity index (χ4n) is 3.68. The van der Waals surface area contributed by atoms with Crippen LogP contribution in [0, 0.1) is 12.8 Å². The second-order valence-electron chi connectivity index (χ2n) is 8.73. The number of thioether (sulfide) groups is 1. The summed E-state index contributed by atoms with van der Waals surface area (Å²) in [5.74, 6) is 0.421. The van der Waals surface area contributed by atoms with E-state index in [2.05, 4.69) is 25.8 Å². The molecule has 0 aliphatic rings. The van der Waals surface area contributed by atoms with E-state index in [0.717, 1.165) is 16.1 Å². The molecule has 0 fully saturated rings. The van der Waals surface area contributed by atoms with Crippen LogP contribution in [0.3, 0.4) is 0 Å². The van der Waals surface area contributed by atoms with Gasteiger partial charge < -0.3 is 15.2 Å². The van der Waals surface area contributed by atoms with Gasteiger partial charge in [-0.1, -0.05) is 67.5 Å². The van der Waals surface area contributed by atoms with Gasteiger partial charge in [0.2, 0.25) is 5.91 Å². The maximum Gasteiger partial charge on any atom is 0.251 e. The molecule has 8 nitrogen and oxygen atoms in total. The van der Waals surface area contributed by atoms with Gasteiger partial charge in [-0.15, -0.1) is 21.5 Å². The first kappa shape index (κ1) is 26.8. The molecule has 0 unspecified atom stereocenters. The molecule has 2 N–H and O–H groups in total. The summed E-state index contributed by atoms with van der Waals surface area (Å²) in [7, 11) is 1.83. The zero-order valence-corrected chi connectivity index (χ0v) is 23.2. The molecule has 0 saturated heterocycles. The highest BCUT2D eigenvalue weighted by Gasteiger charge is 2.25. The van der Waals surface area contributed by atoms with Crippen LogP contribution >= 0.6 is 34.7 Å². The normalized spacial score (nSPS) is 11.9. The highest BCUT2D eigenvalue weighted by atomic mass is 35.5. The Balaban J connectivity index is 1.39. The maximum atomic E-state index is 12.8. The van der Waals surface area contributed by atoms with Gasteiger partial charge in [-0.25, -0.2) is 4.98 Å².